The quantitative estimate of drug-likeness (QED) is 0.0567. The summed E-state index contributed by atoms with van der Waals surface area (Å²) in [6.45, 7) is 9.16. The van der Waals surface area contributed by atoms with Crippen LogP contribution < -0.4 is 5.32 Å². The molecular weight excluding hydrogens is 552 g/mol. The van der Waals surface area contributed by atoms with E-state index in [0.717, 1.165) is 25.4 Å². The first-order valence-corrected chi connectivity index (χ1v) is 19.8. The summed E-state index contributed by atoms with van der Waals surface area (Å²) in [4.78, 5) is 14.4. The van der Waals surface area contributed by atoms with Crippen LogP contribution in [-0.4, -0.2) is 44.8 Å². The summed E-state index contributed by atoms with van der Waals surface area (Å²) in [5.74, 6) is 1.40. The van der Waals surface area contributed by atoms with Crippen LogP contribution in [0.1, 0.15) is 188 Å². The van der Waals surface area contributed by atoms with Crippen molar-refractivity contribution < 1.29 is 9.53 Å². The zero-order valence-corrected chi connectivity index (χ0v) is 31.2. The molecule has 0 fully saturated rings. The first-order chi connectivity index (χ1) is 22.0. The molecule has 1 N–H and O–H groups in total. The predicted octanol–water partition coefficient (Wildman–Crippen LogP) is 12.8. The van der Waals surface area contributed by atoms with E-state index in [1.54, 1.807) is 0 Å². The van der Waals surface area contributed by atoms with E-state index in [1.807, 2.05) is 0 Å². The Hall–Kier alpha value is -1.29. The Kier molecular flexibility index (Phi) is 34.5. The summed E-state index contributed by atoms with van der Waals surface area (Å²) < 4.78 is 5.42. The van der Waals surface area contributed by atoms with Crippen LogP contribution in [0.15, 0.2) is 24.3 Å². The van der Waals surface area contributed by atoms with Crippen molar-refractivity contribution >= 4 is 6.09 Å². The SMILES string of the molecule is CCCC/C=C/CC(C)CCCCCCCCC(CCCCCCC/C=C/CCCCCCC)CNC(=O)OCCCN(C)C. The molecule has 0 rings (SSSR count). The van der Waals surface area contributed by atoms with E-state index in [9.17, 15) is 4.79 Å². The highest BCUT2D eigenvalue weighted by atomic mass is 16.5. The minimum Gasteiger partial charge on any atom is -0.450 e. The molecule has 4 nitrogen and oxygen atoms in total. The van der Waals surface area contributed by atoms with Gasteiger partial charge in [0.25, 0.3) is 0 Å². The lowest BCUT2D eigenvalue weighted by molar-refractivity contribution is 0.139. The van der Waals surface area contributed by atoms with Crippen LogP contribution in [0.4, 0.5) is 4.79 Å². The first kappa shape index (κ1) is 43.7. The van der Waals surface area contributed by atoms with E-state index in [4.69, 9.17) is 4.74 Å². The van der Waals surface area contributed by atoms with Crippen LogP contribution in [0.2, 0.25) is 0 Å². The third-order valence-corrected chi connectivity index (χ3v) is 9.13. The lowest BCUT2D eigenvalue weighted by Crippen LogP contribution is -2.30. The second-order valence-electron chi connectivity index (χ2n) is 14.2. The second kappa shape index (κ2) is 35.6. The molecular formula is C41H80N2O2. The van der Waals surface area contributed by atoms with Gasteiger partial charge in [-0.25, -0.2) is 4.79 Å². The molecule has 0 spiro atoms. The Labute approximate surface area is 283 Å². The van der Waals surface area contributed by atoms with Crippen LogP contribution >= 0.6 is 0 Å². The predicted molar refractivity (Wildman–Crippen MR) is 200 cm³/mol. The third kappa shape index (κ3) is 35.4. The van der Waals surface area contributed by atoms with Crippen LogP contribution in [0, 0.1) is 11.8 Å². The van der Waals surface area contributed by atoms with Gasteiger partial charge in [0, 0.05) is 13.1 Å². The van der Waals surface area contributed by atoms with Crippen molar-refractivity contribution in [3.8, 4) is 0 Å². The topological polar surface area (TPSA) is 41.6 Å². The molecule has 0 aliphatic carbocycles. The molecule has 0 aromatic rings. The number of nitrogens with one attached hydrogen (secondary N) is 1. The van der Waals surface area contributed by atoms with Gasteiger partial charge in [-0.05, 0) is 83.7 Å². The summed E-state index contributed by atoms with van der Waals surface area (Å²) in [5.41, 5.74) is 0. The Morgan fingerprint density at radius 1 is 0.622 bits per heavy atom. The van der Waals surface area contributed by atoms with Gasteiger partial charge in [0.2, 0.25) is 0 Å². The number of carbonyl (C=O) groups excluding carboxylic acids is 1. The summed E-state index contributed by atoms with van der Waals surface area (Å²) in [7, 11) is 4.10. The van der Waals surface area contributed by atoms with Crippen molar-refractivity contribution in [1.82, 2.24) is 10.2 Å². The summed E-state index contributed by atoms with van der Waals surface area (Å²) >= 11 is 0. The second-order valence-corrected chi connectivity index (χ2v) is 14.2. The van der Waals surface area contributed by atoms with Gasteiger partial charge < -0.3 is 15.0 Å². The fourth-order valence-corrected chi connectivity index (χ4v) is 6.02. The molecule has 0 aliphatic rings. The number of ether oxygens (including phenoxy) is 1. The average Bonchev–Trinajstić information content (AvgIpc) is 3.02. The van der Waals surface area contributed by atoms with Gasteiger partial charge in [0.1, 0.15) is 0 Å². The Balaban J connectivity index is 4.12. The maximum Gasteiger partial charge on any atom is 0.407 e. The molecule has 0 aliphatic heterocycles. The highest BCUT2D eigenvalue weighted by Gasteiger charge is 2.11. The van der Waals surface area contributed by atoms with Gasteiger partial charge >= 0.3 is 6.09 Å². The number of hydrogen-bond donors (Lipinski definition) is 1. The minimum absolute atomic E-state index is 0.238. The molecule has 45 heavy (non-hydrogen) atoms. The first-order valence-electron chi connectivity index (χ1n) is 19.8. The standard InChI is InChI=1S/C41H80N2O2/c1-6-8-10-12-13-14-15-16-17-18-19-20-25-29-34-40(38-42-41(44)45-37-31-36-43(4)5)35-30-26-22-21-24-28-33-39(3)32-27-23-11-9-7-2/h15-16,23,27,39-40H,6-14,17-22,24-26,28-38H2,1-5H3,(H,42,44)/b16-15+,27-23+. The fourth-order valence-electron chi connectivity index (χ4n) is 6.02. The molecule has 2 atom stereocenters. The van der Waals surface area contributed by atoms with Crippen molar-refractivity contribution in [3.63, 3.8) is 0 Å². The van der Waals surface area contributed by atoms with E-state index in [1.165, 1.54) is 161 Å². The van der Waals surface area contributed by atoms with Gasteiger partial charge in [-0.1, -0.05) is 154 Å². The zero-order chi connectivity index (χ0) is 33.1. The largest absolute Gasteiger partial charge is 0.450 e. The molecule has 0 aromatic heterocycles. The minimum atomic E-state index is -0.238. The molecule has 4 heteroatoms. The highest BCUT2D eigenvalue weighted by Crippen LogP contribution is 2.20. The number of nitrogens with zero attached hydrogens (tertiary/aromatic N) is 1. The molecule has 0 saturated heterocycles. The Morgan fingerprint density at radius 2 is 1.11 bits per heavy atom. The van der Waals surface area contributed by atoms with Gasteiger partial charge in [0.05, 0.1) is 6.61 Å². The Bertz CT molecular complexity index is 660. The number of amides is 1. The fraction of sp³-hybridized carbons (Fsp3) is 0.878. The van der Waals surface area contributed by atoms with Crippen LogP contribution in [0.5, 0.6) is 0 Å². The van der Waals surface area contributed by atoms with E-state index in [-0.39, 0.29) is 6.09 Å². The van der Waals surface area contributed by atoms with Gasteiger partial charge in [-0.15, -0.1) is 0 Å². The summed E-state index contributed by atoms with van der Waals surface area (Å²) in [6.07, 6.45) is 43.3. The number of rotatable bonds is 34. The number of allylic oxidation sites excluding steroid dienone is 4. The lowest BCUT2D eigenvalue weighted by Gasteiger charge is -2.18. The normalized spacial score (nSPS) is 13.3. The summed E-state index contributed by atoms with van der Waals surface area (Å²) in [5, 5.41) is 3.09. The Morgan fingerprint density at radius 3 is 1.69 bits per heavy atom. The number of hydrogen-bond acceptors (Lipinski definition) is 3. The number of carbonyl (C=O) groups is 1. The van der Waals surface area contributed by atoms with Crippen molar-refractivity contribution in [2.45, 2.75) is 188 Å². The van der Waals surface area contributed by atoms with E-state index < -0.39 is 0 Å². The highest BCUT2D eigenvalue weighted by molar-refractivity contribution is 5.67. The van der Waals surface area contributed by atoms with Crippen molar-refractivity contribution in [1.29, 1.82) is 0 Å². The molecule has 0 aromatic carbocycles. The molecule has 1 amide bonds. The average molecular weight is 633 g/mol. The molecule has 0 radical (unpaired) electrons. The summed E-state index contributed by atoms with van der Waals surface area (Å²) in [6, 6.07) is 0. The number of unbranched alkanes of at least 4 members (excludes halogenated alkanes) is 17. The molecule has 2 unspecified atom stereocenters. The maximum absolute atomic E-state index is 12.3. The van der Waals surface area contributed by atoms with E-state index >= 15 is 0 Å². The third-order valence-electron chi connectivity index (χ3n) is 9.13. The monoisotopic (exact) mass is 633 g/mol. The van der Waals surface area contributed by atoms with Crippen LogP contribution in [0.25, 0.3) is 0 Å². The van der Waals surface area contributed by atoms with Gasteiger partial charge in [0.15, 0.2) is 0 Å². The van der Waals surface area contributed by atoms with E-state index in [0.29, 0.717) is 12.5 Å². The molecule has 0 bridgehead atoms. The van der Waals surface area contributed by atoms with E-state index in [2.05, 4.69) is 69.4 Å². The zero-order valence-electron chi connectivity index (χ0n) is 31.2. The molecule has 0 heterocycles. The lowest BCUT2D eigenvalue weighted by atomic mass is 9.93. The van der Waals surface area contributed by atoms with Gasteiger partial charge in [-0.2, -0.15) is 0 Å². The van der Waals surface area contributed by atoms with Crippen molar-refractivity contribution in [2.75, 3.05) is 33.8 Å². The smallest absolute Gasteiger partial charge is 0.407 e. The molecule has 266 valence electrons. The number of alkyl carbamates (subject to hydrolysis) is 1. The maximum atomic E-state index is 12.3. The van der Waals surface area contributed by atoms with Gasteiger partial charge in [-0.3, -0.25) is 0 Å². The van der Waals surface area contributed by atoms with Crippen LogP contribution in [0.3, 0.4) is 0 Å². The molecule has 0 saturated carbocycles. The van der Waals surface area contributed by atoms with Crippen LogP contribution in [-0.2, 0) is 4.74 Å². The van der Waals surface area contributed by atoms with Crippen molar-refractivity contribution in [3.05, 3.63) is 24.3 Å². The van der Waals surface area contributed by atoms with Crippen molar-refractivity contribution in [2.24, 2.45) is 11.8 Å².